The largest absolute Gasteiger partial charge is 0.462 e. The van der Waals surface area contributed by atoms with E-state index in [4.69, 9.17) is 4.74 Å². The average Bonchev–Trinajstić information content (AvgIpc) is 2.41. The highest BCUT2D eigenvalue weighted by atomic mass is 16.5. The molecule has 1 rings (SSSR count). The Labute approximate surface area is 131 Å². The Balaban J connectivity index is 3.41. The fourth-order valence-electron chi connectivity index (χ4n) is 1.86. The van der Waals surface area contributed by atoms with E-state index >= 15 is 0 Å². The van der Waals surface area contributed by atoms with Crippen LogP contribution in [0.25, 0.3) is 0 Å². The fourth-order valence-corrected chi connectivity index (χ4v) is 1.86. The molecule has 0 aliphatic heterocycles. The molecule has 0 saturated heterocycles. The SMILES string of the molecule is CCOC(=O)C(=C=Nc1c(C)cccc1C)C(=O)C(C)(C)C. The average molecular weight is 301 g/mol. The number of carbonyl (C=O) groups excluding carboxylic acids is 2. The molecular formula is C18H23NO3. The summed E-state index contributed by atoms with van der Waals surface area (Å²) in [4.78, 5) is 28.7. The van der Waals surface area contributed by atoms with Gasteiger partial charge in [-0.3, -0.25) is 4.79 Å². The lowest BCUT2D eigenvalue weighted by atomic mass is 9.87. The molecule has 4 heteroatoms. The predicted octanol–water partition coefficient (Wildman–Crippen LogP) is 3.71. The number of Topliss-reactive ketones (excluding diaryl/α,β-unsaturated/α-hetero) is 1. The zero-order valence-corrected chi connectivity index (χ0v) is 14.1. The fraction of sp³-hybridized carbons (Fsp3) is 0.444. The normalized spacial score (nSPS) is 10.6. The van der Waals surface area contributed by atoms with Gasteiger partial charge in [0.2, 0.25) is 0 Å². The van der Waals surface area contributed by atoms with Gasteiger partial charge >= 0.3 is 5.97 Å². The van der Waals surface area contributed by atoms with Crippen LogP contribution in [0.3, 0.4) is 0 Å². The van der Waals surface area contributed by atoms with Gasteiger partial charge in [-0.05, 0) is 31.9 Å². The number of esters is 1. The zero-order valence-electron chi connectivity index (χ0n) is 14.1. The van der Waals surface area contributed by atoms with E-state index in [1.807, 2.05) is 32.0 Å². The van der Waals surface area contributed by atoms with E-state index in [0.717, 1.165) is 11.1 Å². The van der Waals surface area contributed by atoms with Crippen molar-refractivity contribution in [1.82, 2.24) is 0 Å². The van der Waals surface area contributed by atoms with Gasteiger partial charge in [0.25, 0.3) is 0 Å². The van der Waals surface area contributed by atoms with Crippen LogP contribution in [0, 0.1) is 19.3 Å². The van der Waals surface area contributed by atoms with E-state index in [1.54, 1.807) is 27.7 Å². The Kier molecular flexibility index (Phi) is 5.84. The van der Waals surface area contributed by atoms with Crippen LogP contribution in [0.15, 0.2) is 28.8 Å². The smallest absolute Gasteiger partial charge is 0.351 e. The molecule has 0 aliphatic rings. The van der Waals surface area contributed by atoms with Crippen molar-refractivity contribution in [3.8, 4) is 0 Å². The molecule has 0 N–H and O–H groups in total. The summed E-state index contributed by atoms with van der Waals surface area (Å²) < 4.78 is 4.95. The van der Waals surface area contributed by atoms with Gasteiger partial charge in [0, 0.05) is 11.3 Å². The van der Waals surface area contributed by atoms with Crippen molar-refractivity contribution >= 4 is 23.3 Å². The van der Waals surface area contributed by atoms with Gasteiger partial charge in [0.15, 0.2) is 11.4 Å². The number of benzene rings is 1. The molecule has 4 nitrogen and oxygen atoms in total. The lowest BCUT2D eigenvalue weighted by molar-refractivity contribution is -0.140. The minimum atomic E-state index is -0.703. The van der Waals surface area contributed by atoms with Crippen LogP contribution in [0.2, 0.25) is 0 Å². The Morgan fingerprint density at radius 2 is 1.73 bits per heavy atom. The lowest BCUT2D eigenvalue weighted by Gasteiger charge is -2.16. The molecule has 1 aromatic carbocycles. The summed E-state index contributed by atoms with van der Waals surface area (Å²) in [5.74, 6) is 1.61. The molecule has 22 heavy (non-hydrogen) atoms. The van der Waals surface area contributed by atoms with Gasteiger partial charge in [-0.1, -0.05) is 39.0 Å². The first kappa shape index (κ1) is 17.9. The third-order valence-electron chi connectivity index (χ3n) is 3.11. The number of ether oxygens (including phenoxy) is 1. The summed E-state index contributed by atoms with van der Waals surface area (Å²) in [6, 6.07) is 5.77. The van der Waals surface area contributed by atoms with E-state index in [1.165, 1.54) is 0 Å². The molecule has 0 radical (unpaired) electrons. The van der Waals surface area contributed by atoms with Gasteiger partial charge in [-0.15, -0.1) is 0 Å². The van der Waals surface area contributed by atoms with E-state index in [0.29, 0.717) is 5.69 Å². The second-order valence-corrected chi connectivity index (χ2v) is 6.14. The Morgan fingerprint density at radius 3 is 2.18 bits per heavy atom. The van der Waals surface area contributed by atoms with Gasteiger partial charge in [0.05, 0.1) is 12.3 Å². The monoisotopic (exact) mass is 301 g/mol. The van der Waals surface area contributed by atoms with Gasteiger partial charge in [-0.2, -0.15) is 0 Å². The van der Waals surface area contributed by atoms with Crippen LogP contribution in [-0.4, -0.2) is 24.2 Å². The van der Waals surface area contributed by atoms with Crippen LogP contribution in [0.5, 0.6) is 0 Å². The second-order valence-electron chi connectivity index (χ2n) is 6.14. The molecular weight excluding hydrogens is 278 g/mol. The minimum absolute atomic E-state index is 0.142. The number of hydrogen-bond acceptors (Lipinski definition) is 4. The quantitative estimate of drug-likeness (QED) is 0.280. The molecule has 0 heterocycles. The highest BCUT2D eigenvalue weighted by molar-refractivity contribution is 6.25. The second kappa shape index (κ2) is 7.19. The van der Waals surface area contributed by atoms with Gasteiger partial charge < -0.3 is 4.74 Å². The summed E-state index contributed by atoms with van der Waals surface area (Å²) in [6.07, 6.45) is 0. The van der Waals surface area contributed by atoms with Crippen molar-refractivity contribution < 1.29 is 14.3 Å². The first-order valence-electron chi connectivity index (χ1n) is 7.30. The van der Waals surface area contributed by atoms with E-state index < -0.39 is 11.4 Å². The van der Waals surface area contributed by atoms with E-state index in [2.05, 4.69) is 10.9 Å². The summed E-state index contributed by atoms with van der Waals surface area (Å²) in [7, 11) is 0. The predicted molar refractivity (Wildman–Crippen MR) is 87.6 cm³/mol. The minimum Gasteiger partial charge on any atom is -0.462 e. The highest BCUT2D eigenvalue weighted by Crippen LogP contribution is 2.23. The standard InChI is InChI=1S/C18H23NO3/c1-7-22-17(21)14(16(20)18(4,5)6)11-19-15-12(2)9-8-10-13(15)3/h8-10H,7H2,1-6H3. The molecule has 0 bridgehead atoms. The molecule has 118 valence electrons. The van der Waals surface area contributed by atoms with Crippen LogP contribution in [-0.2, 0) is 14.3 Å². The number of para-hydroxylation sites is 1. The number of rotatable bonds is 4. The number of aryl methyl sites for hydroxylation is 2. The van der Waals surface area contributed by atoms with Crippen molar-refractivity contribution in [2.75, 3.05) is 6.61 Å². The van der Waals surface area contributed by atoms with Gasteiger partial charge in [-0.25, -0.2) is 9.79 Å². The molecule has 0 amide bonds. The number of nitrogens with zero attached hydrogens (tertiary/aromatic N) is 1. The van der Waals surface area contributed by atoms with Crippen molar-refractivity contribution in [3.63, 3.8) is 0 Å². The van der Waals surface area contributed by atoms with Crippen molar-refractivity contribution in [2.24, 2.45) is 10.4 Å². The molecule has 0 fully saturated rings. The number of carbonyl (C=O) groups is 2. The molecule has 1 aromatic rings. The number of ketones is 1. The van der Waals surface area contributed by atoms with Crippen LogP contribution in [0.1, 0.15) is 38.8 Å². The Hall–Kier alpha value is -2.19. The Morgan fingerprint density at radius 1 is 1.18 bits per heavy atom. The van der Waals surface area contributed by atoms with Crippen molar-refractivity contribution in [3.05, 3.63) is 34.9 Å². The van der Waals surface area contributed by atoms with Crippen LogP contribution >= 0.6 is 0 Å². The van der Waals surface area contributed by atoms with E-state index in [9.17, 15) is 9.59 Å². The summed E-state index contributed by atoms with van der Waals surface area (Å²) >= 11 is 0. The maximum atomic E-state index is 12.4. The summed E-state index contributed by atoms with van der Waals surface area (Å²) in [5, 5.41) is 0. The zero-order chi connectivity index (χ0) is 16.9. The van der Waals surface area contributed by atoms with Crippen LogP contribution in [0.4, 0.5) is 5.69 Å². The number of hydrogen-bond donors (Lipinski definition) is 0. The van der Waals surface area contributed by atoms with E-state index in [-0.39, 0.29) is 18.0 Å². The number of aliphatic imine (C=N–C) groups is 1. The molecule has 0 spiro atoms. The lowest BCUT2D eigenvalue weighted by Crippen LogP contribution is -2.27. The molecule has 0 aromatic heterocycles. The summed E-state index contributed by atoms with van der Waals surface area (Å²) in [5.41, 5.74) is 1.78. The molecule has 0 aliphatic carbocycles. The molecule has 0 unspecified atom stereocenters. The maximum Gasteiger partial charge on any atom is 0.351 e. The highest BCUT2D eigenvalue weighted by Gasteiger charge is 2.30. The first-order chi connectivity index (χ1) is 10.2. The maximum absolute atomic E-state index is 12.4. The topological polar surface area (TPSA) is 55.7 Å². The third-order valence-corrected chi connectivity index (χ3v) is 3.11. The Bertz CT molecular complexity index is 625. The van der Waals surface area contributed by atoms with Gasteiger partial charge in [0.1, 0.15) is 0 Å². The van der Waals surface area contributed by atoms with Crippen molar-refractivity contribution in [2.45, 2.75) is 41.5 Å². The third kappa shape index (κ3) is 4.40. The van der Waals surface area contributed by atoms with Crippen LogP contribution < -0.4 is 0 Å². The summed E-state index contributed by atoms with van der Waals surface area (Å²) in [6.45, 7) is 11.0. The first-order valence-corrected chi connectivity index (χ1v) is 7.30. The molecule has 0 saturated carbocycles. The van der Waals surface area contributed by atoms with Crippen molar-refractivity contribution in [1.29, 1.82) is 0 Å². The molecule has 0 atom stereocenters.